The van der Waals surface area contributed by atoms with Crippen molar-refractivity contribution < 1.29 is 14.3 Å². The van der Waals surface area contributed by atoms with Crippen LogP contribution in [0, 0.1) is 0 Å². The number of nitrogens with one attached hydrogen (secondary N) is 1. The Kier molecular flexibility index (Phi) is 6.06. The molecule has 3 N–H and O–H groups in total. The van der Waals surface area contributed by atoms with Gasteiger partial charge < -0.3 is 20.5 Å². The Morgan fingerprint density at radius 2 is 2.29 bits per heavy atom. The number of ether oxygens (including phenoxy) is 2. The molecule has 0 unspecified atom stereocenters. The van der Waals surface area contributed by atoms with E-state index in [1.807, 2.05) is 18.2 Å². The summed E-state index contributed by atoms with van der Waals surface area (Å²) in [4.78, 5) is 11.3. The summed E-state index contributed by atoms with van der Waals surface area (Å²) in [6.45, 7) is 1.41. The lowest BCUT2D eigenvalue weighted by Gasteiger charge is -2.08. The van der Waals surface area contributed by atoms with E-state index in [0.717, 1.165) is 5.56 Å². The molecule has 0 aliphatic heterocycles. The molecule has 0 radical (unpaired) electrons. The summed E-state index contributed by atoms with van der Waals surface area (Å²) < 4.78 is 10.4. The largest absolute Gasteiger partial charge is 0.484 e. The highest BCUT2D eigenvalue weighted by molar-refractivity contribution is 5.77. The molecule has 0 aliphatic carbocycles. The molecule has 1 aromatic carbocycles. The molecule has 0 aromatic heterocycles. The van der Waals surface area contributed by atoms with Crippen LogP contribution < -0.4 is 15.8 Å². The maximum atomic E-state index is 11.3. The highest BCUT2D eigenvalue weighted by atomic mass is 16.5. The van der Waals surface area contributed by atoms with E-state index in [1.165, 1.54) is 0 Å². The van der Waals surface area contributed by atoms with Gasteiger partial charge in [0.2, 0.25) is 0 Å². The quantitative estimate of drug-likeness (QED) is 0.716. The molecule has 0 aliphatic rings. The van der Waals surface area contributed by atoms with Gasteiger partial charge in [0.05, 0.1) is 6.61 Å². The SMILES string of the molecule is COCc1cccc(OCC(=O)NCCN)c1. The third-order valence-electron chi connectivity index (χ3n) is 2.05. The van der Waals surface area contributed by atoms with Gasteiger partial charge in [-0.25, -0.2) is 0 Å². The monoisotopic (exact) mass is 238 g/mol. The lowest BCUT2D eigenvalue weighted by Crippen LogP contribution is -2.32. The molecule has 1 amide bonds. The molecule has 1 aromatic rings. The van der Waals surface area contributed by atoms with Gasteiger partial charge in [0.25, 0.3) is 5.91 Å². The molecular weight excluding hydrogens is 220 g/mol. The summed E-state index contributed by atoms with van der Waals surface area (Å²) >= 11 is 0. The third kappa shape index (κ3) is 5.33. The molecule has 94 valence electrons. The van der Waals surface area contributed by atoms with Crippen molar-refractivity contribution in [1.82, 2.24) is 5.32 Å². The van der Waals surface area contributed by atoms with Crippen LogP contribution in [0.1, 0.15) is 5.56 Å². The van der Waals surface area contributed by atoms with Crippen LogP contribution in [0.4, 0.5) is 0 Å². The maximum absolute atomic E-state index is 11.3. The van der Waals surface area contributed by atoms with Gasteiger partial charge in [-0.1, -0.05) is 12.1 Å². The fraction of sp³-hybridized carbons (Fsp3) is 0.417. The second-order valence-corrected chi connectivity index (χ2v) is 3.51. The Bertz CT molecular complexity index is 355. The standard InChI is InChI=1S/C12H18N2O3/c1-16-8-10-3-2-4-11(7-10)17-9-12(15)14-6-5-13/h2-4,7H,5-6,8-9,13H2,1H3,(H,14,15). The number of methoxy groups -OCH3 is 1. The van der Waals surface area contributed by atoms with E-state index < -0.39 is 0 Å². The molecule has 1 rings (SSSR count). The summed E-state index contributed by atoms with van der Waals surface area (Å²) in [5.41, 5.74) is 6.27. The highest BCUT2D eigenvalue weighted by Gasteiger charge is 2.02. The highest BCUT2D eigenvalue weighted by Crippen LogP contribution is 2.13. The van der Waals surface area contributed by atoms with Crippen LogP contribution >= 0.6 is 0 Å². The van der Waals surface area contributed by atoms with Crippen molar-refractivity contribution >= 4 is 5.91 Å². The maximum Gasteiger partial charge on any atom is 0.257 e. The van der Waals surface area contributed by atoms with Gasteiger partial charge in [-0.05, 0) is 17.7 Å². The zero-order chi connectivity index (χ0) is 12.5. The molecule has 0 atom stereocenters. The lowest BCUT2D eigenvalue weighted by molar-refractivity contribution is -0.123. The molecule has 17 heavy (non-hydrogen) atoms. The van der Waals surface area contributed by atoms with E-state index in [2.05, 4.69) is 5.32 Å². The third-order valence-corrected chi connectivity index (χ3v) is 2.05. The van der Waals surface area contributed by atoms with Gasteiger partial charge in [0, 0.05) is 20.2 Å². The second kappa shape index (κ2) is 7.65. The number of amides is 1. The molecule has 5 nitrogen and oxygen atoms in total. The first-order valence-electron chi connectivity index (χ1n) is 5.43. The zero-order valence-electron chi connectivity index (χ0n) is 9.94. The van der Waals surface area contributed by atoms with Gasteiger partial charge >= 0.3 is 0 Å². The minimum atomic E-state index is -0.174. The van der Waals surface area contributed by atoms with Crippen molar-refractivity contribution in [2.45, 2.75) is 6.61 Å². The minimum Gasteiger partial charge on any atom is -0.484 e. The predicted molar refractivity (Wildman–Crippen MR) is 64.7 cm³/mol. The van der Waals surface area contributed by atoms with Crippen molar-refractivity contribution in [2.24, 2.45) is 5.73 Å². The predicted octanol–water partition coefficient (Wildman–Crippen LogP) is 0.287. The Morgan fingerprint density at radius 1 is 1.47 bits per heavy atom. The van der Waals surface area contributed by atoms with E-state index in [1.54, 1.807) is 13.2 Å². The number of nitrogens with two attached hydrogens (primary N) is 1. The first-order valence-corrected chi connectivity index (χ1v) is 5.43. The second-order valence-electron chi connectivity index (χ2n) is 3.51. The average Bonchev–Trinajstić information content (AvgIpc) is 2.35. The topological polar surface area (TPSA) is 73.6 Å². The van der Waals surface area contributed by atoms with Crippen molar-refractivity contribution in [1.29, 1.82) is 0 Å². The van der Waals surface area contributed by atoms with E-state index in [4.69, 9.17) is 15.2 Å². The van der Waals surface area contributed by atoms with Crippen LogP contribution in [0.25, 0.3) is 0 Å². The van der Waals surface area contributed by atoms with Gasteiger partial charge in [0.15, 0.2) is 6.61 Å². The Labute approximate surface area is 101 Å². The number of hydrogen-bond donors (Lipinski definition) is 2. The van der Waals surface area contributed by atoms with Crippen LogP contribution in [0.3, 0.4) is 0 Å². The van der Waals surface area contributed by atoms with E-state index in [0.29, 0.717) is 25.4 Å². The van der Waals surface area contributed by atoms with Crippen molar-refractivity contribution in [3.05, 3.63) is 29.8 Å². The van der Waals surface area contributed by atoms with Crippen molar-refractivity contribution in [2.75, 3.05) is 26.8 Å². The Morgan fingerprint density at radius 3 is 3.00 bits per heavy atom. The van der Waals surface area contributed by atoms with Crippen LogP contribution in [0.5, 0.6) is 5.75 Å². The van der Waals surface area contributed by atoms with E-state index in [-0.39, 0.29) is 12.5 Å². The summed E-state index contributed by atoms with van der Waals surface area (Å²) in [7, 11) is 1.63. The summed E-state index contributed by atoms with van der Waals surface area (Å²) in [5.74, 6) is 0.482. The minimum absolute atomic E-state index is 0.00354. The zero-order valence-corrected chi connectivity index (χ0v) is 9.94. The average molecular weight is 238 g/mol. The molecule has 0 saturated carbocycles. The number of carbonyl (C=O) groups is 1. The van der Waals surface area contributed by atoms with Crippen LogP contribution in [-0.4, -0.2) is 32.7 Å². The van der Waals surface area contributed by atoms with E-state index >= 15 is 0 Å². The first-order chi connectivity index (χ1) is 8.26. The fourth-order valence-corrected chi connectivity index (χ4v) is 1.30. The molecular formula is C12H18N2O3. The summed E-state index contributed by atoms with van der Waals surface area (Å²) in [6, 6.07) is 7.45. The van der Waals surface area contributed by atoms with Crippen molar-refractivity contribution in [3.8, 4) is 5.75 Å². The molecule has 0 heterocycles. The van der Waals surface area contributed by atoms with Gasteiger partial charge in [-0.15, -0.1) is 0 Å². The Hall–Kier alpha value is -1.59. The van der Waals surface area contributed by atoms with Crippen molar-refractivity contribution in [3.63, 3.8) is 0 Å². The normalized spacial score (nSPS) is 10.0. The molecule has 5 heteroatoms. The van der Waals surface area contributed by atoms with Crippen LogP contribution in [0.2, 0.25) is 0 Å². The number of carbonyl (C=O) groups excluding carboxylic acids is 1. The van der Waals surface area contributed by atoms with Gasteiger partial charge in [-0.2, -0.15) is 0 Å². The van der Waals surface area contributed by atoms with Crippen LogP contribution in [0.15, 0.2) is 24.3 Å². The first kappa shape index (κ1) is 13.5. The van der Waals surface area contributed by atoms with Gasteiger partial charge in [0.1, 0.15) is 5.75 Å². The molecule has 0 fully saturated rings. The van der Waals surface area contributed by atoms with E-state index in [9.17, 15) is 4.79 Å². The number of benzene rings is 1. The molecule has 0 spiro atoms. The summed E-state index contributed by atoms with van der Waals surface area (Å²) in [6.07, 6.45) is 0. The summed E-state index contributed by atoms with van der Waals surface area (Å²) in [5, 5.41) is 2.63. The lowest BCUT2D eigenvalue weighted by atomic mass is 10.2. The fourth-order valence-electron chi connectivity index (χ4n) is 1.30. The van der Waals surface area contributed by atoms with Crippen LogP contribution in [-0.2, 0) is 16.1 Å². The molecule has 0 bridgehead atoms. The Balaban J connectivity index is 2.40. The van der Waals surface area contributed by atoms with Gasteiger partial charge in [-0.3, -0.25) is 4.79 Å². The molecule has 0 saturated heterocycles. The number of rotatable bonds is 7. The smallest absolute Gasteiger partial charge is 0.257 e. The number of hydrogen-bond acceptors (Lipinski definition) is 4.